The van der Waals surface area contributed by atoms with Crippen LogP contribution in [0.5, 0.6) is 0 Å². The largest absolute Gasteiger partial charge is 0.416 e. The van der Waals surface area contributed by atoms with E-state index in [4.69, 9.17) is 0 Å². The molecule has 2 aromatic carbocycles. The minimum Gasteiger partial charge on any atom is -0.348 e. The predicted molar refractivity (Wildman–Crippen MR) is 107 cm³/mol. The van der Waals surface area contributed by atoms with Gasteiger partial charge in [-0.25, -0.2) is 13.1 Å². The van der Waals surface area contributed by atoms with E-state index in [2.05, 4.69) is 10.0 Å². The van der Waals surface area contributed by atoms with Gasteiger partial charge in [0.2, 0.25) is 10.0 Å². The molecule has 0 atom stereocenters. The molecule has 5 nitrogen and oxygen atoms in total. The van der Waals surface area contributed by atoms with Crippen molar-refractivity contribution in [3.05, 3.63) is 87.6 Å². The van der Waals surface area contributed by atoms with Gasteiger partial charge in [0, 0.05) is 23.5 Å². The molecule has 3 aromatic rings. The lowest BCUT2D eigenvalue weighted by molar-refractivity contribution is -0.137. The van der Waals surface area contributed by atoms with Crippen molar-refractivity contribution < 1.29 is 26.4 Å². The summed E-state index contributed by atoms with van der Waals surface area (Å²) in [5.74, 6) is -0.525. The van der Waals surface area contributed by atoms with Gasteiger partial charge in [-0.1, -0.05) is 18.2 Å². The maximum atomic E-state index is 12.8. The summed E-state index contributed by atoms with van der Waals surface area (Å²) in [6, 6.07) is 13.6. The van der Waals surface area contributed by atoms with E-state index in [0.717, 1.165) is 17.0 Å². The average Bonchev–Trinajstić information content (AvgIpc) is 3.24. The van der Waals surface area contributed by atoms with Gasteiger partial charge in [-0.3, -0.25) is 4.79 Å². The van der Waals surface area contributed by atoms with Gasteiger partial charge in [-0.15, -0.1) is 11.3 Å². The van der Waals surface area contributed by atoms with Crippen molar-refractivity contribution in [1.29, 1.82) is 0 Å². The normalized spacial score (nSPS) is 12.0. The summed E-state index contributed by atoms with van der Waals surface area (Å²) >= 11 is 1.43. The Hall–Kier alpha value is -2.69. The molecular formula is C20H17F3N2O3S2. The standard InChI is InChI=1S/C20H17F3N2O3S2/c21-20(22,23)16-4-1-3-14(11-16)12-24-19(26)15-6-8-18(9-7-15)30(27,28)25-13-17-5-2-10-29-17/h1-11,25H,12-13H2,(H,24,26). The summed E-state index contributed by atoms with van der Waals surface area (Å²) in [4.78, 5) is 13.1. The molecule has 158 valence electrons. The van der Waals surface area contributed by atoms with Gasteiger partial charge in [0.25, 0.3) is 5.91 Å². The molecule has 0 spiro atoms. The molecule has 3 rings (SSSR count). The maximum absolute atomic E-state index is 12.8. The van der Waals surface area contributed by atoms with Gasteiger partial charge >= 0.3 is 6.18 Å². The number of hydrogen-bond donors (Lipinski definition) is 2. The number of rotatable bonds is 7. The van der Waals surface area contributed by atoms with Crippen LogP contribution in [0.15, 0.2) is 70.9 Å². The molecule has 0 aliphatic carbocycles. The lowest BCUT2D eigenvalue weighted by Crippen LogP contribution is -2.24. The minimum atomic E-state index is -4.46. The molecule has 0 fully saturated rings. The van der Waals surface area contributed by atoms with E-state index in [-0.39, 0.29) is 23.5 Å². The Labute approximate surface area is 175 Å². The van der Waals surface area contributed by atoms with E-state index < -0.39 is 27.7 Å². The first-order valence-corrected chi connectivity index (χ1v) is 11.1. The molecule has 0 saturated carbocycles. The number of hydrogen-bond acceptors (Lipinski definition) is 4. The molecule has 0 aliphatic heterocycles. The molecule has 2 N–H and O–H groups in total. The van der Waals surface area contributed by atoms with Crippen LogP contribution in [-0.4, -0.2) is 14.3 Å². The lowest BCUT2D eigenvalue weighted by atomic mass is 10.1. The Morgan fingerprint density at radius 3 is 2.33 bits per heavy atom. The van der Waals surface area contributed by atoms with Gasteiger partial charge in [0.05, 0.1) is 10.5 Å². The lowest BCUT2D eigenvalue weighted by Gasteiger charge is -2.10. The first-order valence-electron chi connectivity index (χ1n) is 8.71. The molecule has 30 heavy (non-hydrogen) atoms. The molecular weight excluding hydrogens is 437 g/mol. The van der Waals surface area contributed by atoms with Gasteiger partial charge in [0.1, 0.15) is 0 Å². The fourth-order valence-electron chi connectivity index (χ4n) is 2.59. The molecule has 0 radical (unpaired) electrons. The zero-order chi connectivity index (χ0) is 21.8. The Morgan fingerprint density at radius 2 is 1.70 bits per heavy atom. The van der Waals surface area contributed by atoms with E-state index in [1.165, 1.54) is 47.7 Å². The van der Waals surface area contributed by atoms with Crippen LogP contribution in [0.1, 0.15) is 26.4 Å². The Morgan fingerprint density at radius 1 is 0.967 bits per heavy atom. The second-order valence-corrected chi connectivity index (χ2v) is 9.11. The number of thiophene rings is 1. The van der Waals surface area contributed by atoms with E-state index >= 15 is 0 Å². The number of sulfonamides is 1. The molecule has 0 unspecified atom stereocenters. The SMILES string of the molecule is O=C(NCc1cccc(C(F)(F)F)c1)c1ccc(S(=O)(=O)NCc2cccs2)cc1. The van der Waals surface area contributed by atoms with E-state index in [1.807, 2.05) is 17.5 Å². The van der Waals surface area contributed by atoms with Crippen LogP contribution >= 0.6 is 11.3 Å². The van der Waals surface area contributed by atoms with E-state index in [9.17, 15) is 26.4 Å². The zero-order valence-electron chi connectivity index (χ0n) is 15.4. The second kappa shape index (κ2) is 8.99. The number of halogens is 3. The number of carbonyl (C=O) groups is 1. The number of nitrogens with one attached hydrogen (secondary N) is 2. The molecule has 10 heteroatoms. The number of alkyl halides is 3. The summed E-state index contributed by atoms with van der Waals surface area (Å²) < 4.78 is 65.4. The average molecular weight is 454 g/mol. The molecule has 1 aromatic heterocycles. The summed E-state index contributed by atoms with van der Waals surface area (Å²) in [5, 5.41) is 4.37. The van der Waals surface area contributed by atoms with Crippen LogP contribution < -0.4 is 10.0 Å². The zero-order valence-corrected chi connectivity index (χ0v) is 17.1. The van der Waals surface area contributed by atoms with Crippen molar-refractivity contribution in [3.63, 3.8) is 0 Å². The van der Waals surface area contributed by atoms with Crippen LogP contribution in [0.4, 0.5) is 13.2 Å². The van der Waals surface area contributed by atoms with Crippen molar-refractivity contribution in [1.82, 2.24) is 10.0 Å². The monoisotopic (exact) mass is 454 g/mol. The number of carbonyl (C=O) groups excluding carboxylic acids is 1. The Balaban J connectivity index is 1.61. The Bertz CT molecular complexity index is 1110. The number of amides is 1. The highest BCUT2D eigenvalue weighted by molar-refractivity contribution is 7.89. The van der Waals surface area contributed by atoms with Crippen LogP contribution in [0.2, 0.25) is 0 Å². The summed E-state index contributed by atoms with van der Waals surface area (Å²) in [7, 11) is -3.73. The van der Waals surface area contributed by atoms with Crippen LogP contribution in [0.25, 0.3) is 0 Å². The van der Waals surface area contributed by atoms with Crippen LogP contribution in [0.3, 0.4) is 0 Å². The molecule has 0 bridgehead atoms. The third-order valence-corrected chi connectivity index (χ3v) is 6.44. The van der Waals surface area contributed by atoms with Gasteiger partial charge < -0.3 is 5.32 Å². The topological polar surface area (TPSA) is 75.3 Å². The third kappa shape index (κ3) is 5.68. The van der Waals surface area contributed by atoms with Crippen LogP contribution in [-0.2, 0) is 29.3 Å². The van der Waals surface area contributed by atoms with Crippen molar-refractivity contribution in [2.24, 2.45) is 0 Å². The molecule has 0 aliphatic rings. The number of benzene rings is 2. The molecule has 1 heterocycles. The highest BCUT2D eigenvalue weighted by Gasteiger charge is 2.30. The first kappa shape index (κ1) is 22.0. The predicted octanol–water partition coefficient (Wildman–Crippen LogP) is 4.18. The molecule has 0 saturated heterocycles. The highest BCUT2D eigenvalue weighted by atomic mass is 32.2. The van der Waals surface area contributed by atoms with Crippen LogP contribution in [0, 0.1) is 0 Å². The maximum Gasteiger partial charge on any atom is 0.416 e. The van der Waals surface area contributed by atoms with Crippen molar-refractivity contribution in [2.45, 2.75) is 24.2 Å². The van der Waals surface area contributed by atoms with Crippen molar-refractivity contribution in [3.8, 4) is 0 Å². The van der Waals surface area contributed by atoms with E-state index in [0.29, 0.717) is 5.56 Å². The second-order valence-electron chi connectivity index (χ2n) is 6.31. The molecule has 1 amide bonds. The third-order valence-electron chi connectivity index (χ3n) is 4.15. The minimum absolute atomic E-state index is 0.00786. The first-order chi connectivity index (χ1) is 14.1. The Kier molecular flexibility index (Phi) is 6.59. The highest BCUT2D eigenvalue weighted by Crippen LogP contribution is 2.29. The van der Waals surface area contributed by atoms with Gasteiger partial charge in [-0.2, -0.15) is 13.2 Å². The van der Waals surface area contributed by atoms with Gasteiger partial charge in [-0.05, 0) is 53.4 Å². The summed E-state index contributed by atoms with van der Waals surface area (Å²) in [6.45, 7) is 0.0738. The smallest absolute Gasteiger partial charge is 0.348 e. The summed E-state index contributed by atoms with van der Waals surface area (Å²) in [5.41, 5.74) is -0.298. The van der Waals surface area contributed by atoms with Gasteiger partial charge in [0.15, 0.2) is 0 Å². The van der Waals surface area contributed by atoms with Crippen molar-refractivity contribution >= 4 is 27.3 Å². The fourth-order valence-corrected chi connectivity index (χ4v) is 4.33. The van der Waals surface area contributed by atoms with E-state index in [1.54, 1.807) is 0 Å². The van der Waals surface area contributed by atoms with Crippen molar-refractivity contribution in [2.75, 3.05) is 0 Å². The summed E-state index contributed by atoms with van der Waals surface area (Å²) in [6.07, 6.45) is -4.46. The quantitative estimate of drug-likeness (QED) is 0.563. The fraction of sp³-hybridized carbons (Fsp3) is 0.150.